The van der Waals surface area contributed by atoms with Crippen LogP contribution in [0.2, 0.25) is 0 Å². The Labute approximate surface area is 210 Å². The van der Waals surface area contributed by atoms with Gasteiger partial charge in [-0.15, -0.1) is 0 Å². The van der Waals surface area contributed by atoms with Gasteiger partial charge < -0.3 is 18.9 Å². The zero-order valence-electron chi connectivity index (χ0n) is 20.5. The third-order valence-corrected chi connectivity index (χ3v) is 5.52. The van der Waals surface area contributed by atoms with Gasteiger partial charge in [0.2, 0.25) is 0 Å². The first-order valence-electron chi connectivity index (χ1n) is 11.5. The maximum Gasteiger partial charge on any atom is 0.271 e. The van der Waals surface area contributed by atoms with Gasteiger partial charge in [-0.2, -0.15) is 5.10 Å². The molecule has 1 N–H and O–H groups in total. The number of nitrogens with zero attached hydrogens (tertiary/aromatic N) is 1. The van der Waals surface area contributed by atoms with E-state index in [1.54, 1.807) is 24.4 Å². The van der Waals surface area contributed by atoms with Crippen LogP contribution >= 0.6 is 0 Å². The van der Waals surface area contributed by atoms with Gasteiger partial charge in [-0.3, -0.25) is 4.79 Å². The van der Waals surface area contributed by atoms with Gasteiger partial charge in [-0.1, -0.05) is 42.5 Å². The van der Waals surface area contributed by atoms with Crippen molar-refractivity contribution in [3.05, 3.63) is 95.6 Å². The van der Waals surface area contributed by atoms with Crippen LogP contribution in [0.3, 0.4) is 0 Å². The number of ether oxygens (including phenoxy) is 4. The molecule has 1 amide bonds. The lowest BCUT2D eigenvalue weighted by molar-refractivity contribution is 0.0954. The maximum atomic E-state index is 12.5. The van der Waals surface area contributed by atoms with E-state index in [2.05, 4.69) is 34.8 Å². The topological polar surface area (TPSA) is 78.4 Å². The molecule has 0 atom stereocenters. The van der Waals surface area contributed by atoms with Crippen molar-refractivity contribution in [2.75, 3.05) is 20.8 Å². The Morgan fingerprint density at radius 3 is 2.36 bits per heavy atom. The number of carbonyl (C=O) groups excluding carboxylic acids is 1. The molecule has 0 saturated heterocycles. The van der Waals surface area contributed by atoms with Gasteiger partial charge in [0, 0.05) is 11.6 Å². The van der Waals surface area contributed by atoms with E-state index in [4.69, 9.17) is 18.9 Å². The molecule has 0 heterocycles. The second-order valence-electron chi connectivity index (χ2n) is 7.87. The summed E-state index contributed by atoms with van der Waals surface area (Å²) < 4.78 is 22.3. The molecule has 0 spiro atoms. The molecule has 7 nitrogen and oxygen atoms in total. The van der Waals surface area contributed by atoms with Gasteiger partial charge in [-0.25, -0.2) is 5.43 Å². The Balaban J connectivity index is 1.45. The number of carbonyl (C=O) groups is 1. The number of hydrogen-bond acceptors (Lipinski definition) is 6. The summed E-state index contributed by atoms with van der Waals surface area (Å²) in [6.45, 7) is 2.81. The number of hydrogen-bond donors (Lipinski definition) is 1. The molecule has 4 rings (SSSR count). The smallest absolute Gasteiger partial charge is 0.271 e. The molecule has 4 aromatic rings. The summed E-state index contributed by atoms with van der Waals surface area (Å²) in [7, 11) is 3.06. The summed E-state index contributed by atoms with van der Waals surface area (Å²) >= 11 is 0. The van der Waals surface area contributed by atoms with Crippen LogP contribution in [-0.2, 0) is 6.61 Å². The van der Waals surface area contributed by atoms with Crippen LogP contribution in [0.15, 0.2) is 84.0 Å². The standard InChI is InChI=1S/C29H28N2O5/c1-4-35-28-14-20(18-30-31-29(32)23-15-24(33-2)17-25(16-23)34-3)12-13-27(28)36-19-22-10-7-9-21-8-5-6-11-26(21)22/h5-18H,4,19H2,1-3H3,(H,31,32)/b30-18+. The van der Waals surface area contributed by atoms with E-state index >= 15 is 0 Å². The first-order valence-corrected chi connectivity index (χ1v) is 11.5. The van der Waals surface area contributed by atoms with E-state index in [0.717, 1.165) is 16.5 Å². The van der Waals surface area contributed by atoms with E-state index < -0.39 is 0 Å². The molecule has 0 aliphatic rings. The molecule has 0 radical (unpaired) electrons. The highest BCUT2D eigenvalue weighted by molar-refractivity contribution is 5.95. The van der Waals surface area contributed by atoms with Gasteiger partial charge in [0.15, 0.2) is 11.5 Å². The van der Waals surface area contributed by atoms with Gasteiger partial charge in [0.1, 0.15) is 18.1 Å². The van der Waals surface area contributed by atoms with Crippen LogP contribution < -0.4 is 24.4 Å². The lowest BCUT2D eigenvalue weighted by Gasteiger charge is -2.13. The maximum absolute atomic E-state index is 12.5. The highest BCUT2D eigenvalue weighted by Gasteiger charge is 2.10. The van der Waals surface area contributed by atoms with Crippen LogP contribution in [0.1, 0.15) is 28.4 Å². The average molecular weight is 485 g/mol. The van der Waals surface area contributed by atoms with Gasteiger partial charge in [-0.05, 0) is 59.2 Å². The Bertz CT molecular complexity index is 1360. The number of nitrogens with one attached hydrogen (secondary N) is 1. The molecule has 4 aromatic carbocycles. The molecule has 0 unspecified atom stereocenters. The predicted molar refractivity (Wildman–Crippen MR) is 140 cm³/mol. The van der Waals surface area contributed by atoms with Crippen molar-refractivity contribution in [1.82, 2.24) is 5.43 Å². The van der Waals surface area contributed by atoms with Crippen molar-refractivity contribution >= 4 is 22.9 Å². The largest absolute Gasteiger partial charge is 0.497 e. The molecule has 0 saturated carbocycles. The van der Waals surface area contributed by atoms with Crippen molar-refractivity contribution in [3.63, 3.8) is 0 Å². The monoisotopic (exact) mass is 484 g/mol. The number of methoxy groups -OCH3 is 2. The highest BCUT2D eigenvalue weighted by atomic mass is 16.5. The van der Waals surface area contributed by atoms with Gasteiger partial charge in [0.25, 0.3) is 5.91 Å². The first-order chi connectivity index (χ1) is 17.6. The molecule has 36 heavy (non-hydrogen) atoms. The molecular formula is C29H28N2O5. The van der Waals surface area contributed by atoms with Gasteiger partial charge >= 0.3 is 0 Å². The van der Waals surface area contributed by atoms with E-state index in [9.17, 15) is 4.79 Å². The lowest BCUT2D eigenvalue weighted by atomic mass is 10.1. The molecular weight excluding hydrogens is 456 g/mol. The molecule has 0 aliphatic heterocycles. The molecule has 7 heteroatoms. The Hall–Kier alpha value is -4.52. The van der Waals surface area contributed by atoms with Crippen molar-refractivity contribution < 1.29 is 23.7 Å². The van der Waals surface area contributed by atoms with Crippen LogP contribution in [0.25, 0.3) is 10.8 Å². The van der Waals surface area contributed by atoms with Crippen LogP contribution in [0, 0.1) is 0 Å². The quantitative estimate of drug-likeness (QED) is 0.234. The SMILES string of the molecule is CCOc1cc(/C=N/NC(=O)c2cc(OC)cc(OC)c2)ccc1OCc1cccc2ccccc12. The Kier molecular flexibility index (Phi) is 8.03. The zero-order valence-corrected chi connectivity index (χ0v) is 20.5. The minimum absolute atomic E-state index is 0.371. The van der Waals surface area contributed by atoms with Crippen molar-refractivity contribution in [1.29, 1.82) is 0 Å². The summed E-state index contributed by atoms with van der Waals surface area (Å²) in [5.74, 6) is 1.89. The lowest BCUT2D eigenvalue weighted by Crippen LogP contribution is -2.17. The third-order valence-electron chi connectivity index (χ3n) is 5.52. The molecule has 0 aliphatic carbocycles. The van der Waals surface area contributed by atoms with E-state index in [1.165, 1.54) is 19.6 Å². The fraction of sp³-hybridized carbons (Fsp3) is 0.172. The molecule has 0 bridgehead atoms. The summed E-state index contributed by atoms with van der Waals surface area (Å²) in [4.78, 5) is 12.5. The fourth-order valence-corrected chi connectivity index (χ4v) is 3.73. The van der Waals surface area contributed by atoms with E-state index in [1.807, 2.05) is 43.3 Å². The predicted octanol–water partition coefficient (Wildman–Crippen LogP) is 5.60. The third kappa shape index (κ3) is 5.93. The second-order valence-corrected chi connectivity index (χ2v) is 7.87. The number of hydrazone groups is 1. The Morgan fingerprint density at radius 2 is 1.61 bits per heavy atom. The van der Waals surface area contributed by atoms with Gasteiger partial charge in [0.05, 0.1) is 27.0 Å². The second kappa shape index (κ2) is 11.8. The molecule has 0 fully saturated rings. The number of fused-ring (bicyclic) bond motifs is 1. The highest BCUT2D eigenvalue weighted by Crippen LogP contribution is 2.30. The number of benzene rings is 4. The van der Waals surface area contributed by atoms with Crippen molar-refractivity contribution in [3.8, 4) is 23.0 Å². The summed E-state index contributed by atoms with van der Waals surface area (Å²) in [5.41, 5.74) is 4.74. The molecule has 184 valence electrons. The summed E-state index contributed by atoms with van der Waals surface area (Å²) in [5, 5.41) is 6.41. The number of rotatable bonds is 10. The van der Waals surface area contributed by atoms with Crippen molar-refractivity contribution in [2.24, 2.45) is 5.10 Å². The number of amides is 1. The van der Waals surface area contributed by atoms with E-state index in [0.29, 0.717) is 41.8 Å². The zero-order chi connectivity index (χ0) is 25.3. The van der Waals surface area contributed by atoms with Crippen LogP contribution in [0.4, 0.5) is 0 Å². The normalized spacial score (nSPS) is 10.9. The molecule has 0 aromatic heterocycles. The summed E-state index contributed by atoms with van der Waals surface area (Å²) in [6, 6.07) is 24.8. The minimum atomic E-state index is -0.386. The van der Waals surface area contributed by atoms with Crippen LogP contribution in [-0.4, -0.2) is 32.9 Å². The minimum Gasteiger partial charge on any atom is -0.497 e. The van der Waals surface area contributed by atoms with E-state index in [-0.39, 0.29) is 5.91 Å². The Morgan fingerprint density at radius 1 is 0.861 bits per heavy atom. The first kappa shape index (κ1) is 24.6. The fourth-order valence-electron chi connectivity index (χ4n) is 3.73. The van der Waals surface area contributed by atoms with Crippen molar-refractivity contribution in [2.45, 2.75) is 13.5 Å². The average Bonchev–Trinajstić information content (AvgIpc) is 2.92. The van der Waals surface area contributed by atoms with Crippen LogP contribution in [0.5, 0.6) is 23.0 Å². The summed E-state index contributed by atoms with van der Waals surface area (Å²) in [6.07, 6.45) is 1.55.